The molecule has 2 unspecified atom stereocenters. The van der Waals surface area contributed by atoms with Crippen molar-refractivity contribution in [3.8, 4) is 5.75 Å². The number of phenolic OH excluding ortho intramolecular Hbond substituents is 1. The number of phenols is 1. The Morgan fingerprint density at radius 3 is 2.78 bits per heavy atom. The Kier molecular flexibility index (Phi) is 4.52. The second-order valence-corrected chi connectivity index (χ2v) is 5.93. The summed E-state index contributed by atoms with van der Waals surface area (Å²) in [5.74, 6) is 1.04. The normalized spacial score (nSPS) is 24.4. The summed E-state index contributed by atoms with van der Waals surface area (Å²) in [6.45, 7) is 3.15. The zero-order chi connectivity index (χ0) is 13.1. The van der Waals surface area contributed by atoms with Gasteiger partial charge in [0.2, 0.25) is 0 Å². The van der Waals surface area contributed by atoms with E-state index >= 15 is 0 Å². The molecule has 2 atom stereocenters. The molecule has 3 heteroatoms. The Balaban J connectivity index is 2.05. The van der Waals surface area contributed by atoms with Gasteiger partial charge in [-0.3, -0.25) is 4.90 Å². The van der Waals surface area contributed by atoms with E-state index in [-0.39, 0.29) is 0 Å². The average Bonchev–Trinajstić information content (AvgIpc) is 2.34. The highest BCUT2D eigenvalue weighted by atomic mass is 35.5. The number of halogens is 1. The zero-order valence-corrected chi connectivity index (χ0v) is 12.0. The van der Waals surface area contributed by atoms with E-state index in [0.29, 0.717) is 11.8 Å². The highest BCUT2D eigenvalue weighted by Crippen LogP contribution is 2.30. The van der Waals surface area contributed by atoms with Crippen LogP contribution in [-0.4, -0.2) is 23.1 Å². The van der Waals surface area contributed by atoms with Gasteiger partial charge in [-0.25, -0.2) is 0 Å². The molecule has 1 aliphatic rings. The fourth-order valence-electron chi connectivity index (χ4n) is 3.02. The van der Waals surface area contributed by atoms with Crippen LogP contribution in [0.1, 0.15) is 38.2 Å². The summed E-state index contributed by atoms with van der Waals surface area (Å²) in [5, 5.41) is 10.3. The van der Waals surface area contributed by atoms with Crippen molar-refractivity contribution in [2.24, 2.45) is 5.92 Å². The first-order chi connectivity index (χ1) is 8.58. The second-order valence-electron chi connectivity index (χ2n) is 5.52. The first-order valence-electron chi connectivity index (χ1n) is 6.75. The molecule has 2 rings (SSSR count). The quantitative estimate of drug-likeness (QED) is 0.893. The lowest BCUT2D eigenvalue weighted by Gasteiger charge is -2.36. The largest absolute Gasteiger partial charge is 0.508 e. The van der Waals surface area contributed by atoms with Crippen LogP contribution in [0.5, 0.6) is 5.75 Å². The van der Waals surface area contributed by atoms with Crippen molar-refractivity contribution in [2.45, 2.75) is 45.2 Å². The first kappa shape index (κ1) is 13.7. The van der Waals surface area contributed by atoms with E-state index in [1.54, 1.807) is 18.2 Å². The molecule has 0 spiro atoms. The van der Waals surface area contributed by atoms with Crippen LogP contribution in [0.4, 0.5) is 0 Å². The molecule has 0 heterocycles. The molecule has 1 saturated carbocycles. The molecule has 1 aromatic rings. The molecule has 0 saturated heterocycles. The van der Waals surface area contributed by atoms with Crippen LogP contribution in [0, 0.1) is 5.92 Å². The molecule has 0 aromatic heterocycles. The smallest absolute Gasteiger partial charge is 0.116 e. The van der Waals surface area contributed by atoms with E-state index in [4.69, 9.17) is 11.6 Å². The van der Waals surface area contributed by atoms with Gasteiger partial charge in [0.25, 0.3) is 0 Å². The summed E-state index contributed by atoms with van der Waals surface area (Å²) in [7, 11) is 2.16. The number of nitrogens with zero attached hydrogens (tertiary/aromatic N) is 1. The van der Waals surface area contributed by atoms with Gasteiger partial charge in [-0.1, -0.05) is 31.4 Å². The Hall–Kier alpha value is -0.730. The molecule has 0 amide bonds. The van der Waals surface area contributed by atoms with Crippen molar-refractivity contribution in [2.75, 3.05) is 7.05 Å². The predicted octanol–water partition coefficient (Wildman–Crippen LogP) is 4.06. The Morgan fingerprint density at radius 1 is 1.33 bits per heavy atom. The molecule has 18 heavy (non-hydrogen) atoms. The van der Waals surface area contributed by atoms with Gasteiger partial charge in [0, 0.05) is 17.6 Å². The maximum atomic E-state index is 9.54. The van der Waals surface area contributed by atoms with E-state index < -0.39 is 0 Å². The molecule has 1 aliphatic carbocycles. The minimum absolute atomic E-state index is 0.291. The van der Waals surface area contributed by atoms with Crippen molar-refractivity contribution in [1.29, 1.82) is 0 Å². The number of rotatable bonds is 3. The van der Waals surface area contributed by atoms with Crippen LogP contribution in [0.3, 0.4) is 0 Å². The maximum Gasteiger partial charge on any atom is 0.116 e. The number of hydrogen-bond donors (Lipinski definition) is 1. The Labute approximate surface area is 115 Å². The van der Waals surface area contributed by atoms with Gasteiger partial charge in [0.1, 0.15) is 5.75 Å². The standard InChI is InChI=1S/C15H22ClNO/c1-11-5-3-4-6-15(11)17(2)10-12-9-13(18)7-8-14(12)16/h7-9,11,15,18H,3-6,10H2,1-2H3. The van der Waals surface area contributed by atoms with Crippen molar-refractivity contribution >= 4 is 11.6 Å². The van der Waals surface area contributed by atoms with Gasteiger partial charge in [-0.2, -0.15) is 0 Å². The molecular formula is C15H22ClNO. The third-order valence-corrected chi connectivity index (χ3v) is 4.45. The molecule has 1 aromatic carbocycles. The van der Waals surface area contributed by atoms with Crippen LogP contribution in [0.25, 0.3) is 0 Å². The van der Waals surface area contributed by atoms with Gasteiger partial charge in [0.05, 0.1) is 0 Å². The van der Waals surface area contributed by atoms with E-state index in [0.717, 1.165) is 23.0 Å². The lowest BCUT2D eigenvalue weighted by molar-refractivity contribution is 0.133. The van der Waals surface area contributed by atoms with Crippen molar-refractivity contribution < 1.29 is 5.11 Å². The van der Waals surface area contributed by atoms with E-state index in [1.165, 1.54) is 25.7 Å². The molecule has 0 bridgehead atoms. The van der Waals surface area contributed by atoms with Gasteiger partial charge >= 0.3 is 0 Å². The molecule has 2 nitrogen and oxygen atoms in total. The minimum atomic E-state index is 0.291. The maximum absolute atomic E-state index is 9.54. The molecular weight excluding hydrogens is 246 g/mol. The van der Waals surface area contributed by atoms with Crippen LogP contribution in [0.15, 0.2) is 18.2 Å². The Morgan fingerprint density at radius 2 is 2.06 bits per heavy atom. The molecule has 1 fully saturated rings. The minimum Gasteiger partial charge on any atom is -0.508 e. The first-order valence-corrected chi connectivity index (χ1v) is 7.13. The van der Waals surface area contributed by atoms with Crippen LogP contribution < -0.4 is 0 Å². The number of hydrogen-bond acceptors (Lipinski definition) is 2. The summed E-state index contributed by atoms with van der Waals surface area (Å²) >= 11 is 6.18. The molecule has 0 aliphatic heterocycles. The molecule has 100 valence electrons. The number of benzene rings is 1. The summed E-state index contributed by atoms with van der Waals surface area (Å²) in [6.07, 6.45) is 5.28. The van der Waals surface area contributed by atoms with E-state index in [9.17, 15) is 5.11 Å². The topological polar surface area (TPSA) is 23.5 Å². The third kappa shape index (κ3) is 3.18. The van der Waals surface area contributed by atoms with Crippen LogP contribution in [0.2, 0.25) is 5.02 Å². The predicted molar refractivity (Wildman–Crippen MR) is 76.0 cm³/mol. The third-order valence-electron chi connectivity index (χ3n) is 4.08. The average molecular weight is 268 g/mol. The highest BCUT2D eigenvalue weighted by molar-refractivity contribution is 6.31. The highest BCUT2D eigenvalue weighted by Gasteiger charge is 2.25. The summed E-state index contributed by atoms with van der Waals surface area (Å²) in [6, 6.07) is 5.81. The molecule has 1 N–H and O–H groups in total. The molecule has 0 radical (unpaired) electrons. The van der Waals surface area contributed by atoms with Crippen molar-refractivity contribution in [3.05, 3.63) is 28.8 Å². The number of aromatic hydroxyl groups is 1. The van der Waals surface area contributed by atoms with Crippen molar-refractivity contribution in [1.82, 2.24) is 4.90 Å². The lowest BCUT2D eigenvalue weighted by Crippen LogP contribution is -2.38. The fourth-order valence-corrected chi connectivity index (χ4v) is 3.20. The summed E-state index contributed by atoms with van der Waals surface area (Å²) in [5.41, 5.74) is 1.01. The van der Waals surface area contributed by atoms with Gasteiger partial charge in [0.15, 0.2) is 0 Å². The fraction of sp³-hybridized carbons (Fsp3) is 0.600. The van der Waals surface area contributed by atoms with Gasteiger partial charge in [-0.15, -0.1) is 0 Å². The van der Waals surface area contributed by atoms with Crippen LogP contribution in [-0.2, 0) is 6.54 Å². The van der Waals surface area contributed by atoms with E-state index in [2.05, 4.69) is 18.9 Å². The Bertz CT molecular complexity index is 407. The van der Waals surface area contributed by atoms with Gasteiger partial charge < -0.3 is 5.11 Å². The SMILES string of the molecule is CC1CCCCC1N(C)Cc1cc(O)ccc1Cl. The lowest BCUT2D eigenvalue weighted by atomic mass is 9.85. The summed E-state index contributed by atoms with van der Waals surface area (Å²) < 4.78 is 0. The monoisotopic (exact) mass is 267 g/mol. The van der Waals surface area contributed by atoms with Crippen LogP contribution >= 0.6 is 11.6 Å². The van der Waals surface area contributed by atoms with E-state index in [1.807, 2.05) is 0 Å². The van der Waals surface area contributed by atoms with Gasteiger partial charge in [-0.05, 0) is 49.6 Å². The zero-order valence-electron chi connectivity index (χ0n) is 11.2. The summed E-state index contributed by atoms with van der Waals surface area (Å²) in [4.78, 5) is 2.38. The van der Waals surface area contributed by atoms with Crippen molar-refractivity contribution in [3.63, 3.8) is 0 Å². The second kappa shape index (κ2) is 5.94.